The molecule has 6 nitrogen and oxygen atoms in total. The highest BCUT2D eigenvalue weighted by Gasteiger charge is 2.19. The second-order valence-corrected chi connectivity index (χ2v) is 7.00. The van der Waals surface area contributed by atoms with Crippen LogP contribution in [0.1, 0.15) is 56.6 Å². The summed E-state index contributed by atoms with van der Waals surface area (Å²) < 4.78 is 10.4. The molecule has 0 heterocycles. The molecule has 152 valence electrons. The topological polar surface area (TPSA) is 90.6 Å². The standard InChI is InChI=1S/C19H28Cl2N2O4/c1-26-18(25)12-17(23-13-24)14-10-15(20)19(16(21)11-14)27-9-7-5-3-2-4-6-8-22/h10-11,13,17H,2-9,12,22H2,1H3,(H,23,24). The number of unbranched alkanes of at least 4 members (excludes halogenated alkanes) is 5. The molecule has 27 heavy (non-hydrogen) atoms. The zero-order valence-corrected chi connectivity index (χ0v) is 17.2. The third kappa shape index (κ3) is 8.82. The Bertz CT molecular complexity index is 576. The molecule has 0 aromatic heterocycles. The van der Waals surface area contributed by atoms with Crippen LogP contribution in [0.2, 0.25) is 10.0 Å². The summed E-state index contributed by atoms with van der Waals surface area (Å²) in [7, 11) is 1.29. The van der Waals surface area contributed by atoms with E-state index in [1.54, 1.807) is 12.1 Å². The predicted molar refractivity (Wildman–Crippen MR) is 107 cm³/mol. The van der Waals surface area contributed by atoms with Gasteiger partial charge >= 0.3 is 5.97 Å². The van der Waals surface area contributed by atoms with Gasteiger partial charge in [0.15, 0.2) is 5.75 Å². The van der Waals surface area contributed by atoms with Crippen LogP contribution < -0.4 is 15.8 Å². The summed E-state index contributed by atoms with van der Waals surface area (Å²) in [5.74, 6) is -0.0403. The molecule has 1 aromatic carbocycles. The number of methoxy groups -OCH3 is 1. The van der Waals surface area contributed by atoms with Crippen molar-refractivity contribution in [3.63, 3.8) is 0 Å². The highest BCUT2D eigenvalue weighted by molar-refractivity contribution is 6.37. The van der Waals surface area contributed by atoms with Gasteiger partial charge in [0.05, 0.1) is 36.2 Å². The number of halogens is 2. The number of nitrogens with one attached hydrogen (secondary N) is 1. The summed E-state index contributed by atoms with van der Waals surface area (Å²) in [4.78, 5) is 22.3. The minimum absolute atomic E-state index is 0.0216. The molecule has 0 saturated carbocycles. The largest absolute Gasteiger partial charge is 0.490 e. The summed E-state index contributed by atoms with van der Waals surface area (Å²) in [5, 5.41) is 3.24. The van der Waals surface area contributed by atoms with E-state index in [-0.39, 0.29) is 6.42 Å². The van der Waals surface area contributed by atoms with E-state index < -0.39 is 12.0 Å². The van der Waals surface area contributed by atoms with Crippen molar-refractivity contribution in [3.05, 3.63) is 27.7 Å². The number of carbonyl (C=O) groups excluding carboxylic acids is 2. The second-order valence-electron chi connectivity index (χ2n) is 6.19. The average molecular weight is 419 g/mol. The van der Waals surface area contributed by atoms with Crippen LogP contribution in [-0.2, 0) is 14.3 Å². The number of nitrogens with two attached hydrogens (primary N) is 1. The molecule has 0 aliphatic heterocycles. The van der Waals surface area contributed by atoms with Crippen LogP contribution in [0.4, 0.5) is 0 Å². The minimum Gasteiger partial charge on any atom is -0.490 e. The molecule has 0 aliphatic rings. The summed E-state index contributed by atoms with van der Waals surface area (Å²) in [6.45, 7) is 1.27. The van der Waals surface area contributed by atoms with Crippen molar-refractivity contribution in [3.8, 4) is 5.75 Å². The lowest BCUT2D eigenvalue weighted by Gasteiger charge is -2.18. The van der Waals surface area contributed by atoms with Crippen molar-refractivity contribution in [1.29, 1.82) is 0 Å². The van der Waals surface area contributed by atoms with Crippen molar-refractivity contribution in [2.45, 2.75) is 51.0 Å². The molecule has 1 atom stereocenters. The Morgan fingerprint density at radius 3 is 2.30 bits per heavy atom. The number of amides is 1. The Labute approximate surface area is 170 Å². The maximum Gasteiger partial charge on any atom is 0.307 e. The average Bonchev–Trinajstić information content (AvgIpc) is 2.65. The SMILES string of the molecule is COC(=O)CC(NC=O)c1cc(Cl)c(OCCCCCCCCN)c(Cl)c1. The van der Waals surface area contributed by atoms with Crippen molar-refractivity contribution < 1.29 is 19.1 Å². The number of carbonyl (C=O) groups is 2. The molecule has 1 aromatic rings. The molecule has 0 radical (unpaired) electrons. The first-order valence-corrected chi connectivity index (χ1v) is 9.87. The van der Waals surface area contributed by atoms with Gasteiger partial charge in [-0.15, -0.1) is 0 Å². The Hall–Kier alpha value is -1.50. The van der Waals surface area contributed by atoms with E-state index in [1.165, 1.54) is 13.5 Å². The minimum atomic E-state index is -0.576. The lowest BCUT2D eigenvalue weighted by Crippen LogP contribution is -2.23. The fraction of sp³-hybridized carbons (Fsp3) is 0.579. The van der Waals surface area contributed by atoms with Crippen LogP contribution in [0, 0.1) is 0 Å². The molecule has 1 rings (SSSR count). The molecule has 0 bridgehead atoms. The molecule has 8 heteroatoms. The fourth-order valence-corrected chi connectivity index (χ4v) is 3.26. The summed E-state index contributed by atoms with van der Waals surface area (Å²) in [6, 6.07) is 2.70. The van der Waals surface area contributed by atoms with E-state index in [2.05, 4.69) is 10.1 Å². The van der Waals surface area contributed by atoms with Gasteiger partial charge in [-0.1, -0.05) is 48.9 Å². The van der Waals surface area contributed by atoms with Gasteiger partial charge in [-0.05, 0) is 37.1 Å². The summed E-state index contributed by atoms with van der Waals surface area (Å²) in [6.07, 6.45) is 7.05. The normalized spacial score (nSPS) is 11.7. The zero-order valence-electron chi connectivity index (χ0n) is 15.6. The quantitative estimate of drug-likeness (QED) is 0.270. The van der Waals surface area contributed by atoms with Crippen molar-refractivity contribution in [1.82, 2.24) is 5.32 Å². The van der Waals surface area contributed by atoms with Gasteiger partial charge in [-0.3, -0.25) is 9.59 Å². The number of benzene rings is 1. The van der Waals surface area contributed by atoms with E-state index in [0.717, 1.165) is 38.6 Å². The molecule has 0 spiro atoms. The maximum absolute atomic E-state index is 11.5. The lowest BCUT2D eigenvalue weighted by atomic mass is 10.0. The van der Waals surface area contributed by atoms with Crippen LogP contribution in [0.25, 0.3) is 0 Å². The monoisotopic (exact) mass is 418 g/mol. The van der Waals surface area contributed by atoms with E-state index in [1.807, 2.05) is 0 Å². The summed E-state index contributed by atoms with van der Waals surface area (Å²) in [5.41, 5.74) is 6.08. The first-order chi connectivity index (χ1) is 13.0. The number of ether oxygens (including phenoxy) is 2. The molecule has 0 saturated heterocycles. The predicted octanol–water partition coefficient (Wildman–Crippen LogP) is 4.02. The van der Waals surface area contributed by atoms with Crippen molar-refractivity contribution >= 4 is 35.6 Å². The number of hydrogen-bond donors (Lipinski definition) is 2. The highest BCUT2D eigenvalue weighted by Crippen LogP contribution is 2.36. The van der Waals surface area contributed by atoms with Gasteiger partial charge in [0.1, 0.15) is 0 Å². The van der Waals surface area contributed by atoms with Crippen LogP contribution in [-0.4, -0.2) is 32.6 Å². The third-order valence-electron chi connectivity index (χ3n) is 4.14. The number of esters is 1. The Morgan fingerprint density at radius 2 is 1.74 bits per heavy atom. The van der Waals surface area contributed by atoms with E-state index in [4.69, 9.17) is 33.7 Å². The fourth-order valence-electron chi connectivity index (χ4n) is 2.65. The van der Waals surface area contributed by atoms with Crippen molar-refractivity contribution in [2.24, 2.45) is 5.73 Å². The molecule has 3 N–H and O–H groups in total. The van der Waals surface area contributed by atoms with Gasteiger partial charge in [0.25, 0.3) is 0 Å². The molecular formula is C19H28Cl2N2O4. The molecule has 1 amide bonds. The maximum atomic E-state index is 11.5. The molecular weight excluding hydrogens is 391 g/mol. The van der Waals surface area contributed by atoms with Crippen LogP contribution in [0.15, 0.2) is 12.1 Å². The van der Waals surface area contributed by atoms with Gasteiger partial charge in [-0.2, -0.15) is 0 Å². The Morgan fingerprint density at radius 1 is 1.15 bits per heavy atom. The second kappa shape index (κ2) is 13.6. The van der Waals surface area contributed by atoms with E-state index >= 15 is 0 Å². The van der Waals surface area contributed by atoms with Gasteiger partial charge in [-0.25, -0.2) is 0 Å². The van der Waals surface area contributed by atoms with Crippen LogP contribution in [0.5, 0.6) is 5.75 Å². The van der Waals surface area contributed by atoms with E-state index in [9.17, 15) is 9.59 Å². The number of rotatable bonds is 14. The Kier molecular flexibility index (Phi) is 11.9. The van der Waals surface area contributed by atoms with Crippen LogP contribution in [0.3, 0.4) is 0 Å². The van der Waals surface area contributed by atoms with Gasteiger partial charge < -0.3 is 20.5 Å². The molecule has 0 aliphatic carbocycles. The summed E-state index contributed by atoms with van der Waals surface area (Å²) >= 11 is 12.6. The van der Waals surface area contributed by atoms with Crippen molar-refractivity contribution in [2.75, 3.05) is 20.3 Å². The van der Waals surface area contributed by atoms with Gasteiger partial charge in [0, 0.05) is 0 Å². The molecule has 1 unspecified atom stereocenters. The smallest absolute Gasteiger partial charge is 0.307 e. The first-order valence-electron chi connectivity index (χ1n) is 9.11. The third-order valence-corrected chi connectivity index (χ3v) is 4.70. The van der Waals surface area contributed by atoms with Crippen LogP contribution >= 0.6 is 23.2 Å². The van der Waals surface area contributed by atoms with Gasteiger partial charge in [0.2, 0.25) is 6.41 Å². The highest BCUT2D eigenvalue weighted by atomic mass is 35.5. The molecule has 0 fully saturated rings. The Balaban J connectivity index is 2.60. The van der Waals surface area contributed by atoms with E-state index in [0.29, 0.717) is 34.4 Å². The lowest BCUT2D eigenvalue weighted by molar-refractivity contribution is -0.141. The zero-order chi connectivity index (χ0) is 20.1. The number of hydrogen-bond acceptors (Lipinski definition) is 5. The first kappa shape index (κ1) is 23.5.